The van der Waals surface area contributed by atoms with E-state index in [1.54, 1.807) is 42.8 Å². The molecule has 3 heterocycles. The number of rotatable bonds is 8. The summed E-state index contributed by atoms with van der Waals surface area (Å²) >= 11 is 8.06. The number of aliphatic carboxylic acids is 1. The molecule has 0 unspecified atom stereocenters. The van der Waals surface area contributed by atoms with E-state index in [-0.39, 0.29) is 24.1 Å². The predicted molar refractivity (Wildman–Crippen MR) is 159 cm³/mol. The van der Waals surface area contributed by atoms with Gasteiger partial charge in [-0.3, -0.25) is 4.79 Å². The third-order valence-electron chi connectivity index (χ3n) is 7.90. The fourth-order valence-electron chi connectivity index (χ4n) is 5.42. The van der Waals surface area contributed by atoms with E-state index < -0.39 is 27.3 Å². The Morgan fingerprint density at radius 3 is 2.66 bits per heavy atom. The zero-order valence-corrected chi connectivity index (χ0v) is 26.0. The van der Waals surface area contributed by atoms with E-state index in [4.69, 9.17) is 16.3 Å². The lowest BCUT2D eigenvalue weighted by molar-refractivity contribution is -0.147. The van der Waals surface area contributed by atoms with Crippen molar-refractivity contribution in [2.75, 3.05) is 6.54 Å². The number of carbonyl (C=O) groups is 1. The molecule has 0 fully saturated rings. The monoisotopic (exact) mass is 616 g/mol. The van der Waals surface area contributed by atoms with Gasteiger partial charge in [-0.25, -0.2) is 13.1 Å². The van der Waals surface area contributed by atoms with Crippen molar-refractivity contribution in [3.05, 3.63) is 68.4 Å². The molecule has 0 spiro atoms. The van der Waals surface area contributed by atoms with Gasteiger partial charge in [0.05, 0.1) is 21.8 Å². The lowest BCUT2D eigenvalue weighted by atomic mass is 9.72. The van der Waals surface area contributed by atoms with Gasteiger partial charge < -0.3 is 9.84 Å². The third kappa shape index (κ3) is 5.13. The van der Waals surface area contributed by atoms with Crippen LogP contribution in [-0.4, -0.2) is 51.4 Å². The molecule has 0 aliphatic carbocycles. The number of benzene rings is 2. The highest BCUT2D eigenvalue weighted by Crippen LogP contribution is 2.48. The average molecular weight is 617 g/mol. The molecular weight excluding hydrogens is 584 g/mol. The Balaban J connectivity index is 1.59. The van der Waals surface area contributed by atoms with Gasteiger partial charge in [-0.2, -0.15) is 4.31 Å². The summed E-state index contributed by atoms with van der Waals surface area (Å²) in [6.07, 6.45) is 0.303. The van der Waals surface area contributed by atoms with E-state index in [0.717, 1.165) is 27.0 Å². The first-order valence-electron chi connectivity index (χ1n) is 13.5. The molecular formula is C29H33ClN4O5S2. The Labute approximate surface area is 248 Å². The van der Waals surface area contributed by atoms with Gasteiger partial charge in [0.1, 0.15) is 22.3 Å². The summed E-state index contributed by atoms with van der Waals surface area (Å²) in [7, 11) is -3.87. The van der Waals surface area contributed by atoms with E-state index in [1.807, 2.05) is 39.0 Å². The number of para-hydroxylation sites is 1. The molecule has 2 atom stereocenters. The summed E-state index contributed by atoms with van der Waals surface area (Å²) in [6, 6.07) is 12.4. The lowest BCUT2D eigenvalue weighted by Crippen LogP contribution is -2.36. The van der Waals surface area contributed by atoms with Gasteiger partial charge in [-0.15, -0.1) is 16.4 Å². The van der Waals surface area contributed by atoms with Crippen molar-refractivity contribution in [1.82, 2.24) is 19.3 Å². The van der Waals surface area contributed by atoms with Crippen LogP contribution in [0.5, 0.6) is 5.75 Å². The molecule has 1 aliphatic heterocycles. The summed E-state index contributed by atoms with van der Waals surface area (Å²) in [5.74, 6) is -1.19. The summed E-state index contributed by atoms with van der Waals surface area (Å²) in [5.41, 5.74) is 2.67. The number of carboxylic acid groups (broad SMARTS) is 1. The van der Waals surface area contributed by atoms with Crippen molar-refractivity contribution in [2.45, 2.75) is 71.0 Å². The van der Waals surface area contributed by atoms with Gasteiger partial charge in [-0.05, 0) is 75.1 Å². The number of carboxylic acids is 1. The summed E-state index contributed by atoms with van der Waals surface area (Å²) < 4.78 is 37.1. The Kier molecular flexibility index (Phi) is 7.92. The molecule has 218 valence electrons. The fourth-order valence-corrected chi connectivity index (χ4v) is 8.58. The smallest absolute Gasteiger partial charge is 0.310 e. The maximum atomic E-state index is 13.7. The van der Waals surface area contributed by atoms with Crippen LogP contribution in [0.25, 0.3) is 11.0 Å². The molecule has 0 bridgehead atoms. The molecule has 12 heteroatoms. The molecule has 9 nitrogen and oxygen atoms in total. The maximum absolute atomic E-state index is 13.7. The third-order valence-corrected chi connectivity index (χ3v) is 11.3. The number of halogens is 1. The minimum atomic E-state index is -3.87. The van der Waals surface area contributed by atoms with Crippen molar-refractivity contribution in [3.8, 4) is 5.75 Å². The van der Waals surface area contributed by atoms with E-state index in [1.165, 1.54) is 15.6 Å². The molecule has 1 N–H and O–H groups in total. The number of aromatic nitrogens is 3. The largest absolute Gasteiger partial charge is 0.488 e. The van der Waals surface area contributed by atoms with E-state index in [9.17, 15) is 18.3 Å². The van der Waals surface area contributed by atoms with Crippen LogP contribution in [0.1, 0.15) is 61.6 Å². The Hall–Kier alpha value is -2.99. The van der Waals surface area contributed by atoms with Crippen LogP contribution in [0.3, 0.4) is 0 Å². The van der Waals surface area contributed by atoms with Crippen molar-refractivity contribution >= 4 is 50.0 Å². The quantitative estimate of drug-likeness (QED) is 0.255. The van der Waals surface area contributed by atoms with Crippen molar-refractivity contribution in [3.63, 3.8) is 0 Å². The second kappa shape index (κ2) is 11.0. The van der Waals surface area contributed by atoms with Crippen molar-refractivity contribution in [2.24, 2.45) is 5.41 Å². The minimum Gasteiger partial charge on any atom is -0.488 e. The first-order valence-corrected chi connectivity index (χ1v) is 16.1. The average Bonchev–Trinajstić information content (AvgIpc) is 3.49. The summed E-state index contributed by atoms with van der Waals surface area (Å²) in [5, 5.41) is 18.9. The van der Waals surface area contributed by atoms with Crippen LogP contribution in [0, 0.1) is 12.3 Å². The van der Waals surface area contributed by atoms with Crippen LogP contribution in [0.4, 0.5) is 0 Å². The first kappa shape index (κ1) is 29.5. The number of nitrogens with zero attached hydrogens (tertiary/aromatic N) is 4. The molecule has 0 amide bonds. The molecule has 2 aromatic carbocycles. The van der Waals surface area contributed by atoms with E-state index in [2.05, 4.69) is 10.3 Å². The Bertz CT molecular complexity index is 1730. The molecule has 5 rings (SSSR count). The van der Waals surface area contributed by atoms with Gasteiger partial charge in [-0.1, -0.05) is 41.9 Å². The molecule has 0 saturated carbocycles. The number of fused-ring (bicyclic) bond motifs is 2. The standard InChI is InChI=1S/C29H33ClN4O5S2/c1-6-19-16-33(41(37,38)24-11-9-8-10-22(24)39-19)15-18-14-23(40-27(18)30)25(29(4,5)28(35)36)20-12-13-21-26(17(20)3)31-32-34(21)7-2/h8-14,19,25H,6-7,15-16H2,1-5H3,(H,35,36)/t19-,25+/m1/s1. The highest BCUT2D eigenvalue weighted by molar-refractivity contribution is 7.89. The SMILES string of the molecule is CC[C@@H]1CN(Cc2cc([C@H](c3ccc4c(nnn4CC)c3C)C(C)(C)C(=O)O)sc2Cl)S(=O)(=O)c2ccccc2O1. The number of aryl methyl sites for hydroxylation is 2. The second-order valence-electron chi connectivity index (χ2n) is 10.9. The van der Waals surface area contributed by atoms with Crippen LogP contribution in [-0.2, 0) is 27.9 Å². The highest BCUT2D eigenvalue weighted by atomic mass is 35.5. The Morgan fingerprint density at radius 1 is 1.24 bits per heavy atom. The zero-order valence-electron chi connectivity index (χ0n) is 23.6. The minimum absolute atomic E-state index is 0.0366. The highest BCUT2D eigenvalue weighted by Gasteiger charge is 2.42. The number of thiophene rings is 1. The molecule has 0 radical (unpaired) electrons. The van der Waals surface area contributed by atoms with E-state index >= 15 is 0 Å². The second-order valence-corrected chi connectivity index (χ2v) is 14.4. The molecule has 2 aromatic heterocycles. The van der Waals surface area contributed by atoms with E-state index in [0.29, 0.717) is 28.6 Å². The van der Waals surface area contributed by atoms with Crippen LogP contribution < -0.4 is 4.74 Å². The van der Waals surface area contributed by atoms with Gasteiger partial charge in [0.2, 0.25) is 10.0 Å². The zero-order chi connectivity index (χ0) is 29.7. The normalized spacial score (nSPS) is 18.0. The number of ether oxygens (including phenoxy) is 1. The van der Waals surface area contributed by atoms with Crippen molar-refractivity contribution in [1.29, 1.82) is 0 Å². The van der Waals surface area contributed by atoms with Gasteiger partial charge in [0, 0.05) is 23.9 Å². The maximum Gasteiger partial charge on any atom is 0.310 e. The fraction of sp³-hybridized carbons (Fsp3) is 0.414. The van der Waals surface area contributed by atoms with Gasteiger partial charge in [0.25, 0.3) is 0 Å². The molecule has 1 aliphatic rings. The van der Waals surface area contributed by atoms with Gasteiger partial charge in [0.15, 0.2) is 0 Å². The predicted octanol–water partition coefficient (Wildman–Crippen LogP) is 6.08. The number of sulfonamides is 1. The lowest BCUT2D eigenvalue weighted by Gasteiger charge is -2.31. The number of hydrogen-bond donors (Lipinski definition) is 1. The Morgan fingerprint density at radius 2 is 1.98 bits per heavy atom. The number of hydrogen-bond acceptors (Lipinski definition) is 7. The molecule has 0 saturated heterocycles. The van der Waals surface area contributed by atoms with Gasteiger partial charge >= 0.3 is 5.97 Å². The molecule has 41 heavy (non-hydrogen) atoms. The van der Waals surface area contributed by atoms with Crippen LogP contribution in [0.2, 0.25) is 4.34 Å². The summed E-state index contributed by atoms with van der Waals surface area (Å²) in [6.45, 7) is 10.1. The van der Waals surface area contributed by atoms with Crippen LogP contribution in [0.15, 0.2) is 47.4 Å². The first-order chi connectivity index (χ1) is 19.4. The molecule has 4 aromatic rings. The summed E-state index contributed by atoms with van der Waals surface area (Å²) in [4.78, 5) is 13.4. The topological polar surface area (TPSA) is 115 Å². The van der Waals surface area contributed by atoms with Crippen LogP contribution >= 0.6 is 22.9 Å². The van der Waals surface area contributed by atoms with Crippen molar-refractivity contribution < 1.29 is 23.1 Å².